The second-order valence-electron chi connectivity index (χ2n) is 8.31. The van der Waals surface area contributed by atoms with Gasteiger partial charge in [-0.15, -0.1) is 0 Å². The topological polar surface area (TPSA) is 97.1 Å². The third-order valence-corrected chi connectivity index (χ3v) is 4.75. The van der Waals surface area contributed by atoms with Gasteiger partial charge in [0.15, 0.2) is 12.2 Å². The molecule has 2 heterocycles. The second kappa shape index (κ2) is 9.15. The van der Waals surface area contributed by atoms with Crippen LogP contribution in [0.2, 0.25) is 0 Å². The van der Waals surface area contributed by atoms with E-state index >= 15 is 0 Å². The second-order valence-corrected chi connectivity index (χ2v) is 8.31. The van der Waals surface area contributed by atoms with E-state index in [1.165, 1.54) is 0 Å². The molecule has 2 fully saturated rings. The Balaban J connectivity index is 1.85. The van der Waals surface area contributed by atoms with Gasteiger partial charge < -0.3 is 24.7 Å². The first-order valence-corrected chi connectivity index (χ1v) is 9.58. The Labute approximate surface area is 155 Å². The standard InChI is InChI=1S/C19H33NO6/c1-10(2)6-12(5)18(21)25-14-8-23-17-15(9-24-16(14)17)26-19(22)13(20)7-11(3)4/h10-17H,6-9,20H2,1-5H3. The van der Waals surface area contributed by atoms with Crippen molar-refractivity contribution >= 4 is 11.9 Å². The normalized spacial score (nSPS) is 30.3. The lowest BCUT2D eigenvalue weighted by Gasteiger charge is -2.20. The molecule has 6 atom stereocenters. The minimum absolute atomic E-state index is 0.168. The van der Waals surface area contributed by atoms with Crippen LogP contribution in [0.15, 0.2) is 0 Å². The van der Waals surface area contributed by atoms with Crippen LogP contribution in [-0.4, -0.2) is 55.6 Å². The maximum atomic E-state index is 12.2. The van der Waals surface area contributed by atoms with Gasteiger partial charge in [0.25, 0.3) is 0 Å². The Morgan fingerprint density at radius 3 is 1.81 bits per heavy atom. The van der Waals surface area contributed by atoms with Crippen molar-refractivity contribution in [1.29, 1.82) is 0 Å². The molecule has 2 rings (SSSR count). The number of carbonyl (C=O) groups is 2. The van der Waals surface area contributed by atoms with E-state index in [0.29, 0.717) is 18.3 Å². The fourth-order valence-electron chi connectivity index (χ4n) is 3.54. The van der Waals surface area contributed by atoms with E-state index in [0.717, 1.165) is 6.42 Å². The van der Waals surface area contributed by atoms with E-state index in [-0.39, 0.29) is 25.1 Å². The Morgan fingerprint density at radius 2 is 1.35 bits per heavy atom. The molecule has 6 unspecified atom stereocenters. The maximum Gasteiger partial charge on any atom is 0.323 e. The number of fused-ring (bicyclic) bond motifs is 1. The lowest BCUT2D eigenvalue weighted by molar-refractivity contribution is -0.159. The maximum absolute atomic E-state index is 12.2. The van der Waals surface area contributed by atoms with Crippen LogP contribution >= 0.6 is 0 Å². The van der Waals surface area contributed by atoms with Crippen LogP contribution in [0.3, 0.4) is 0 Å². The van der Waals surface area contributed by atoms with Crippen LogP contribution in [0.4, 0.5) is 0 Å². The first kappa shape index (κ1) is 21.1. The molecule has 26 heavy (non-hydrogen) atoms. The summed E-state index contributed by atoms with van der Waals surface area (Å²) in [6.07, 6.45) is -0.449. The molecule has 2 saturated heterocycles. The smallest absolute Gasteiger partial charge is 0.323 e. The van der Waals surface area contributed by atoms with Gasteiger partial charge >= 0.3 is 11.9 Å². The highest BCUT2D eigenvalue weighted by molar-refractivity contribution is 5.75. The molecule has 150 valence electrons. The summed E-state index contributed by atoms with van der Waals surface area (Å²) in [5.74, 6) is -0.118. The molecule has 2 N–H and O–H groups in total. The highest BCUT2D eigenvalue weighted by Gasteiger charge is 2.51. The zero-order valence-electron chi connectivity index (χ0n) is 16.5. The van der Waals surface area contributed by atoms with Crippen LogP contribution in [-0.2, 0) is 28.5 Å². The highest BCUT2D eigenvalue weighted by Crippen LogP contribution is 2.31. The van der Waals surface area contributed by atoms with Gasteiger partial charge in [0.2, 0.25) is 0 Å². The largest absolute Gasteiger partial charge is 0.457 e. The van der Waals surface area contributed by atoms with E-state index < -0.39 is 36.4 Å². The average molecular weight is 371 g/mol. The first-order valence-electron chi connectivity index (χ1n) is 9.58. The Bertz CT molecular complexity index is 450. The molecule has 0 aromatic rings. The van der Waals surface area contributed by atoms with Crippen molar-refractivity contribution in [1.82, 2.24) is 0 Å². The van der Waals surface area contributed by atoms with Crippen molar-refractivity contribution < 1.29 is 28.5 Å². The molecule has 7 heteroatoms. The monoisotopic (exact) mass is 371 g/mol. The number of esters is 2. The number of nitrogens with two attached hydrogens (primary N) is 1. The first-order chi connectivity index (χ1) is 12.2. The minimum Gasteiger partial charge on any atom is -0.457 e. The molecule has 0 radical (unpaired) electrons. The number of carbonyl (C=O) groups excluding carboxylic acids is 2. The van der Waals surface area contributed by atoms with Gasteiger partial charge in [-0.2, -0.15) is 0 Å². The van der Waals surface area contributed by atoms with Gasteiger partial charge in [0, 0.05) is 0 Å². The van der Waals surface area contributed by atoms with Gasteiger partial charge in [-0.3, -0.25) is 9.59 Å². The summed E-state index contributed by atoms with van der Waals surface area (Å²) >= 11 is 0. The third kappa shape index (κ3) is 5.41. The average Bonchev–Trinajstić information content (AvgIpc) is 3.09. The number of hydrogen-bond acceptors (Lipinski definition) is 7. The van der Waals surface area contributed by atoms with Gasteiger partial charge in [0.1, 0.15) is 18.2 Å². The molecule has 0 bridgehead atoms. The summed E-state index contributed by atoms with van der Waals surface area (Å²) in [7, 11) is 0. The van der Waals surface area contributed by atoms with Crippen molar-refractivity contribution in [2.24, 2.45) is 23.5 Å². The molecule has 0 aliphatic carbocycles. The van der Waals surface area contributed by atoms with Crippen LogP contribution in [0.1, 0.15) is 47.5 Å². The lowest BCUT2D eigenvalue weighted by Crippen LogP contribution is -2.40. The van der Waals surface area contributed by atoms with E-state index in [1.807, 2.05) is 20.8 Å². The van der Waals surface area contributed by atoms with E-state index in [4.69, 9.17) is 24.7 Å². The molecular formula is C19H33NO6. The lowest BCUT2D eigenvalue weighted by atomic mass is 9.99. The fraction of sp³-hybridized carbons (Fsp3) is 0.895. The minimum atomic E-state index is -0.652. The van der Waals surface area contributed by atoms with Crippen LogP contribution in [0.25, 0.3) is 0 Å². The van der Waals surface area contributed by atoms with Crippen molar-refractivity contribution in [3.63, 3.8) is 0 Å². The highest BCUT2D eigenvalue weighted by atomic mass is 16.7. The molecular weight excluding hydrogens is 338 g/mol. The van der Waals surface area contributed by atoms with Gasteiger partial charge in [-0.05, 0) is 24.7 Å². The SMILES string of the molecule is CC(C)CC(C)C(=O)OC1COC2C(OC(=O)C(N)CC(C)C)COC12. The summed E-state index contributed by atoms with van der Waals surface area (Å²) in [5.41, 5.74) is 5.87. The van der Waals surface area contributed by atoms with Crippen molar-refractivity contribution in [2.75, 3.05) is 13.2 Å². The van der Waals surface area contributed by atoms with Crippen molar-refractivity contribution in [3.8, 4) is 0 Å². The summed E-state index contributed by atoms with van der Waals surface area (Å²) in [6, 6.07) is -0.652. The fourth-order valence-corrected chi connectivity index (χ4v) is 3.54. The summed E-state index contributed by atoms with van der Waals surface area (Å²) in [4.78, 5) is 24.4. The molecule has 0 aromatic carbocycles. The van der Waals surface area contributed by atoms with Gasteiger partial charge in [-0.1, -0.05) is 34.6 Å². The zero-order chi connectivity index (χ0) is 19.4. The molecule has 0 amide bonds. The number of hydrogen-bond donors (Lipinski definition) is 1. The number of rotatable bonds is 8. The van der Waals surface area contributed by atoms with Crippen LogP contribution in [0, 0.1) is 17.8 Å². The third-order valence-electron chi connectivity index (χ3n) is 4.75. The van der Waals surface area contributed by atoms with Gasteiger partial charge in [-0.25, -0.2) is 0 Å². The molecule has 2 aliphatic heterocycles. The number of ether oxygens (including phenoxy) is 4. The predicted molar refractivity (Wildman–Crippen MR) is 95.3 cm³/mol. The van der Waals surface area contributed by atoms with E-state index in [1.54, 1.807) is 0 Å². The molecule has 0 aromatic heterocycles. The van der Waals surface area contributed by atoms with Crippen LogP contribution < -0.4 is 5.73 Å². The Kier molecular flexibility index (Phi) is 7.43. The molecule has 0 spiro atoms. The Morgan fingerprint density at radius 1 is 0.885 bits per heavy atom. The predicted octanol–water partition coefficient (Wildman–Crippen LogP) is 1.66. The van der Waals surface area contributed by atoms with E-state index in [2.05, 4.69) is 13.8 Å². The summed E-state index contributed by atoms with van der Waals surface area (Å²) in [6.45, 7) is 10.5. The molecule has 7 nitrogen and oxygen atoms in total. The molecule has 0 saturated carbocycles. The molecule has 2 aliphatic rings. The summed E-state index contributed by atoms with van der Waals surface area (Å²) in [5, 5.41) is 0. The van der Waals surface area contributed by atoms with Crippen molar-refractivity contribution in [2.45, 2.75) is 77.9 Å². The quantitative estimate of drug-likeness (QED) is 0.648. The Hall–Kier alpha value is -1.18. The summed E-state index contributed by atoms with van der Waals surface area (Å²) < 4.78 is 22.5. The van der Waals surface area contributed by atoms with Crippen molar-refractivity contribution in [3.05, 3.63) is 0 Å². The zero-order valence-corrected chi connectivity index (χ0v) is 16.5. The van der Waals surface area contributed by atoms with E-state index in [9.17, 15) is 9.59 Å². The van der Waals surface area contributed by atoms with Gasteiger partial charge in [0.05, 0.1) is 19.1 Å². The van der Waals surface area contributed by atoms with Crippen LogP contribution in [0.5, 0.6) is 0 Å².